The van der Waals surface area contributed by atoms with E-state index in [-0.39, 0.29) is 0 Å². The molecule has 0 aromatic heterocycles. The lowest BCUT2D eigenvalue weighted by atomic mass is 10.4. The van der Waals surface area contributed by atoms with E-state index in [1.54, 1.807) is 10.4 Å². The summed E-state index contributed by atoms with van der Waals surface area (Å²) in [4.78, 5) is 0. The van der Waals surface area contributed by atoms with Crippen molar-refractivity contribution < 1.29 is 0 Å². The van der Waals surface area contributed by atoms with E-state index in [0.29, 0.717) is 0 Å². The maximum absolute atomic E-state index is 2.55. The normalized spacial score (nSPS) is 12.4. The zero-order chi connectivity index (χ0) is 13.2. The van der Waals surface area contributed by atoms with Crippen LogP contribution in [-0.4, -0.2) is 15.2 Å². The Balaban J connectivity index is 2.63. The molecule has 2 rings (SSSR count). The van der Waals surface area contributed by atoms with Gasteiger partial charge in [-0.3, -0.25) is 0 Å². The molecule has 0 N–H and O–H groups in total. The lowest BCUT2D eigenvalue weighted by Crippen LogP contribution is -2.71. The van der Waals surface area contributed by atoms with E-state index in [2.05, 4.69) is 86.9 Å². The van der Waals surface area contributed by atoms with E-state index in [0.717, 1.165) is 0 Å². The summed E-state index contributed by atoms with van der Waals surface area (Å²) in [5.41, 5.74) is 0. The molecule has 0 aliphatic carbocycles. The van der Waals surface area contributed by atoms with E-state index >= 15 is 0 Å². The molecule has 2 aromatic carbocycles. The Morgan fingerprint density at radius 2 is 0.889 bits per heavy atom. The second-order valence-electron chi connectivity index (χ2n) is 6.11. The summed E-state index contributed by atoms with van der Waals surface area (Å²) < 4.78 is 0. The molecule has 18 heavy (non-hydrogen) atoms. The Labute approximate surface area is 112 Å². The van der Waals surface area contributed by atoms with E-state index in [4.69, 9.17) is 0 Å². The quantitative estimate of drug-likeness (QED) is 0.751. The van der Waals surface area contributed by atoms with Gasteiger partial charge < -0.3 is 0 Å². The van der Waals surface area contributed by atoms with Crippen LogP contribution in [-0.2, 0) is 0 Å². The van der Waals surface area contributed by atoms with Gasteiger partial charge in [0.15, 0.2) is 0 Å². The van der Waals surface area contributed by atoms with Crippen molar-refractivity contribution in [3.63, 3.8) is 0 Å². The highest BCUT2D eigenvalue weighted by Gasteiger charge is 2.44. The molecule has 2 heteroatoms. The number of hydrogen-bond donors (Lipinski definition) is 0. The first-order chi connectivity index (χ1) is 8.46. The number of benzene rings is 2. The third-order valence-electron chi connectivity index (χ3n) is 4.20. The molecule has 0 amide bonds. The Bertz CT molecular complexity index is 458. The summed E-state index contributed by atoms with van der Waals surface area (Å²) in [6, 6.07) is 22.3. The van der Waals surface area contributed by atoms with Gasteiger partial charge in [0, 0.05) is 7.59 Å². The van der Waals surface area contributed by atoms with Gasteiger partial charge in [-0.2, -0.15) is 0 Å². The van der Waals surface area contributed by atoms with Crippen molar-refractivity contribution in [2.45, 2.75) is 26.2 Å². The maximum atomic E-state index is 2.55. The molecule has 0 heterocycles. The fourth-order valence-corrected chi connectivity index (χ4v) is 12.6. The summed E-state index contributed by atoms with van der Waals surface area (Å²) in [6.07, 6.45) is 0. The van der Waals surface area contributed by atoms with Gasteiger partial charge in [-0.25, -0.2) is 0 Å². The third-order valence-corrected chi connectivity index (χ3v) is 20.9. The molecule has 0 fully saturated rings. The molecule has 0 aliphatic heterocycles. The second-order valence-corrected chi connectivity index (χ2v) is 21.5. The van der Waals surface area contributed by atoms with Gasteiger partial charge in [0.2, 0.25) is 0 Å². The smallest absolute Gasteiger partial charge is 0.0709 e. The van der Waals surface area contributed by atoms with Crippen LogP contribution in [0.4, 0.5) is 0 Å². The number of rotatable bonds is 3. The van der Waals surface area contributed by atoms with Crippen LogP contribution in [0.15, 0.2) is 60.7 Å². The summed E-state index contributed by atoms with van der Waals surface area (Å²) in [7, 11) is -2.82. The van der Waals surface area contributed by atoms with Gasteiger partial charge in [-0.05, 0) is 0 Å². The molecule has 0 spiro atoms. The molecule has 0 aliphatic rings. The van der Waals surface area contributed by atoms with Crippen molar-refractivity contribution in [1.82, 2.24) is 0 Å². The first-order valence-electron chi connectivity index (χ1n) is 6.57. The van der Waals surface area contributed by atoms with Crippen LogP contribution in [0.2, 0.25) is 26.2 Å². The zero-order valence-electron chi connectivity index (χ0n) is 11.8. The molecular formula is C16H22Si2. The minimum Gasteiger partial charge on any atom is -0.0709 e. The van der Waals surface area contributed by atoms with Crippen molar-refractivity contribution in [3.05, 3.63) is 60.7 Å². The van der Waals surface area contributed by atoms with Crippen LogP contribution >= 0.6 is 0 Å². The highest BCUT2D eigenvalue weighted by Crippen LogP contribution is 2.19. The first kappa shape index (κ1) is 13.3. The SMILES string of the molecule is C[Si](C)(C)[Si](C)(c1ccccc1)c1ccccc1. The van der Waals surface area contributed by atoms with E-state index in [1.807, 2.05) is 0 Å². The fourth-order valence-electron chi connectivity index (χ4n) is 2.58. The maximum Gasteiger partial charge on any atom is 0.107 e. The molecule has 0 unspecified atom stereocenters. The summed E-state index contributed by atoms with van der Waals surface area (Å²) in [5.74, 6) is 0. The molecule has 0 nitrogen and oxygen atoms in total. The minimum atomic E-state index is -1.56. The molecule has 0 saturated carbocycles. The Morgan fingerprint density at radius 1 is 0.556 bits per heavy atom. The van der Waals surface area contributed by atoms with Gasteiger partial charge in [0.25, 0.3) is 0 Å². The van der Waals surface area contributed by atoms with Crippen molar-refractivity contribution in [3.8, 4) is 0 Å². The first-order valence-corrected chi connectivity index (χ1v) is 13.6. The summed E-state index contributed by atoms with van der Waals surface area (Å²) >= 11 is 0. The average Bonchev–Trinajstić information content (AvgIpc) is 2.38. The van der Waals surface area contributed by atoms with E-state index in [1.165, 1.54) is 0 Å². The lowest BCUT2D eigenvalue weighted by Gasteiger charge is -2.39. The van der Waals surface area contributed by atoms with Crippen molar-refractivity contribution in [2.24, 2.45) is 0 Å². The Hall–Kier alpha value is -1.13. The van der Waals surface area contributed by atoms with Gasteiger partial charge in [-0.1, -0.05) is 97.2 Å². The second kappa shape index (κ2) is 4.86. The van der Waals surface area contributed by atoms with Gasteiger partial charge >= 0.3 is 0 Å². The Kier molecular flexibility index (Phi) is 3.60. The summed E-state index contributed by atoms with van der Waals surface area (Å²) in [6.45, 7) is 10.1. The zero-order valence-corrected chi connectivity index (χ0v) is 13.8. The molecule has 2 aromatic rings. The van der Waals surface area contributed by atoms with Crippen LogP contribution in [0.5, 0.6) is 0 Å². The number of hydrogen-bond acceptors (Lipinski definition) is 0. The van der Waals surface area contributed by atoms with Gasteiger partial charge in [-0.15, -0.1) is 0 Å². The van der Waals surface area contributed by atoms with Crippen LogP contribution < -0.4 is 10.4 Å². The van der Waals surface area contributed by atoms with Crippen molar-refractivity contribution in [2.75, 3.05) is 0 Å². The highest BCUT2D eigenvalue weighted by molar-refractivity contribution is 7.50. The predicted octanol–water partition coefficient (Wildman–Crippen LogP) is 3.30. The standard InChI is InChI=1S/C16H22Si2/c1-17(2,3)18(4,15-11-7-5-8-12-15)16-13-9-6-10-14-16/h5-14H,1-4H3. The molecule has 0 bridgehead atoms. The van der Waals surface area contributed by atoms with Gasteiger partial charge in [0.05, 0.1) is 0 Å². The minimum absolute atomic E-state index is 1.25. The molecular weight excluding hydrogens is 248 g/mol. The molecule has 0 atom stereocenters. The fraction of sp³-hybridized carbons (Fsp3) is 0.250. The predicted molar refractivity (Wildman–Crippen MR) is 87.1 cm³/mol. The van der Waals surface area contributed by atoms with Crippen LogP contribution in [0.3, 0.4) is 0 Å². The Morgan fingerprint density at radius 3 is 1.17 bits per heavy atom. The van der Waals surface area contributed by atoms with E-state index < -0.39 is 15.2 Å². The highest BCUT2D eigenvalue weighted by atomic mass is 29.3. The van der Waals surface area contributed by atoms with Crippen molar-refractivity contribution >= 4 is 25.6 Å². The largest absolute Gasteiger partial charge is 0.107 e. The molecule has 94 valence electrons. The lowest BCUT2D eigenvalue weighted by molar-refractivity contribution is 1.68. The average molecular weight is 271 g/mol. The monoisotopic (exact) mass is 270 g/mol. The van der Waals surface area contributed by atoms with Crippen LogP contribution in [0, 0.1) is 0 Å². The topological polar surface area (TPSA) is 0 Å². The van der Waals surface area contributed by atoms with Gasteiger partial charge in [0.1, 0.15) is 7.59 Å². The molecule has 0 radical (unpaired) electrons. The van der Waals surface area contributed by atoms with Crippen LogP contribution in [0.1, 0.15) is 0 Å². The summed E-state index contributed by atoms with van der Waals surface area (Å²) in [5, 5.41) is 3.16. The molecule has 0 saturated heterocycles. The van der Waals surface area contributed by atoms with E-state index in [9.17, 15) is 0 Å². The third kappa shape index (κ3) is 2.22. The van der Waals surface area contributed by atoms with Crippen molar-refractivity contribution in [1.29, 1.82) is 0 Å². The van der Waals surface area contributed by atoms with Crippen LogP contribution in [0.25, 0.3) is 0 Å².